The molecule has 1 aromatic rings. The maximum atomic E-state index is 11.9. The van der Waals surface area contributed by atoms with Gasteiger partial charge in [0.1, 0.15) is 0 Å². The van der Waals surface area contributed by atoms with Crippen molar-refractivity contribution < 1.29 is 4.79 Å². The maximum absolute atomic E-state index is 11.9. The smallest absolute Gasteiger partial charge is 0.237 e. The van der Waals surface area contributed by atoms with Gasteiger partial charge < -0.3 is 5.32 Å². The number of benzene rings is 1. The summed E-state index contributed by atoms with van der Waals surface area (Å²) < 4.78 is 0.974. The summed E-state index contributed by atoms with van der Waals surface area (Å²) in [4.78, 5) is 11.9. The Labute approximate surface area is 118 Å². The number of anilines is 1. The highest BCUT2D eigenvalue weighted by molar-refractivity contribution is 14.1. The minimum absolute atomic E-state index is 0.114. The lowest BCUT2D eigenvalue weighted by atomic mass is 10.2. The third-order valence-corrected chi connectivity index (χ3v) is 4.92. The predicted molar refractivity (Wildman–Crippen MR) is 78.3 cm³/mol. The number of thioether (sulfide) groups is 1. The fourth-order valence-corrected chi connectivity index (χ4v) is 3.76. The summed E-state index contributed by atoms with van der Waals surface area (Å²) in [6, 6.07) is 5.49. The van der Waals surface area contributed by atoms with Crippen LogP contribution < -0.4 is 5.32 Å². The molecule has 1 fully saturated rings. The van der Waals surface area contributed by atoms with E-state index in [0.29, 0.717) is 5.02 Å². The van der Waals surface area contributed by atoms with Crippen LogP contribution in [0.5, 0.6) is 0 Å². The highest BCUT2D eigenvalue weighted by Gasteiger charge is 2.23. The molecular formula is C11H11ClINOS. The van der Waals surface area contributed by atoms with E-state index in [1.807, 2.05) is 12.1 Å². The summed E-state index contributed by atoms with van der Waals surface area (Å²) in [6.45, 7) is 0. The highest BCUT2D eigenvalue weighted by Crippen LogP contribution is 2.28. The Bertz CT molecular complexity index is 407. The van der Waals surface area contributed by atoms with Gasteiger partial charge in [0.25, 0.3) is 0 Å². The minimum Gasteiger partial charge on any atom is -0.324 e. The molecular weight excluding hydrogens is 357 g/mol. The summed E-state index contributed by atoms with van der Waals surface area (Å²) in [5.41, 5.74) is 0.850. The lowest BCUT2D eigenvalue weighted by molar-refractivity contribution is -0.115. The SMILES string of the molecule is O=C(Nc1ccc(Cl)cc1I)C1CCCS1. The molecule has 0 saturated carbocycles. The predicted octanol–water partition coefficient (Wildman–Crippen LogP) is 3.78. The molecule has 1 unspecified atom stereocenters. The summed E-state index contributed by atoms with van der Waals surface area (Å²) in [5, 5.41) is 3.76. The van der Waals surface area contributed by atoms with Gasteiger partial charge in [-0.25, -0.2) is 0 Å². The largest absolute Gasteiger partial charge is 0.324 e. The van der Waals surface area contributed by atoms with E-state index in [4.69, 9.17) is 11.6 Å². The van der Waals surface area contributed by atoms with Gasteiger partial charge in [-0.3, -0.25) is 4.79 Å². The van der Waals surface area contributed by atoms with Crippen LogP contribution in [0.1, 0.15) is 12.8 Å². The molecule has 0 aromatic heterocycles. The van der Waals surface area contributed by atoms with Gasteiger partial charge in [0.15, 0.2) is 0 Å². The Kier molecular flexibility index (Phi) is 4.38. The summed E-state index contributed by atoms with van der Waals surface area (Å²) in [7, 11) is 0. The number of amides is 1. The number of halogens is 2. The first kappa shape index (κ1) is 12.5. The van der Waals surface area contributed by atoms with Crippen LogP contribution in [0.25, 0.3) is 0 Å². The second kappa shape index (κ2) is 5.60. The average molecular weight is 368 g/mol. The van der Waals surface area contributed by atoms with Crippen LogP contribution in [0.3, 0.4) is 0 Å². The molecule has 1 aliphatic heterocycles. The Hall–Kier alpha value is 0.0600. The molecule has 0 bridgehead atoms. The van der Waals surface area contributed by atoms with Crippen molar-refractivity contribution in [3.05, 3.63) is 26.8 Å². The number of nitrogens with one attached hydrogen (secondary N) is 1. The molecule has 16 heavy (non-hydrogen) atoms. The fraction of sp³-hybridized carbons (Fsp3) is 0.364. The first-order valence-corrected chi connectivity index (χ1v) is 7.55. The van der Waals surface area contributed by atoms with Crippen molar-refractivity contribution in [2.24, 2.45) is 0 Å². The van der Waals surface area contributed by atoms with E-state index < -0.39 is 0 Å². The number of carbonyl (C=O) groups is 1. The van der Waals surface area contributed by atoms with Crippen LogP contribution in [-0.2, 0) is 4.79 Å². The van der Waals surface area contributed by atoms with Crippen LogP contribution in [0, 0.1) is 3.57 Å². The van der Waals surface area contributed by atoms with Crippen LogP contribution in [0.4, 0.5) is 5.69 Å². The molecule has 2 rings (SSSR count). The molecule has 1 heterocycles. The molecule has 0 aliphatic carbocycles. The van der Waals surface area contributed by atoms with Crippen molar-refractivity contribution in [1.29, 1.82) is 0 Å². The molecule has 0 spiro atoms. The van der Waals surface area contributed by atoms with E-state index in [1.165, 1.54) is 0 Å². The summed E-state index contributed by atoms with van der Waals surface area (Å²) in [5.74, 6) is 1.21. The normalized spacial score (nSPS) is 19.8. The van der Waals surface area contributed by atoms with Crippen molar-refractivity contribution in [3.8, 4) is 0 Å². The third-order valence-electron chi connectivity index (χ3n) is 2.41. The molecule has 1 aromatic carbocycles. The minimum atomic E-state index is 0.114. The van der Waals surface area contributed by atoms with Gasteiger partial charge in [-0.05, 0) is 59.4 Å². The number of hydrogen-bond acceptors (Lipinski definition) is 2. The Morgan fingerprint density at radius 1 is 1.56 bits per heavy atom. The van der Waals surface area contributed by atoms with E-state index in [1.54, 1.807) is 17.8 Å². The van der Waals surface area contributed by atoms with E-state index in [9.17, 15) is 4.79 Å². The van der Waals surface area contributed by atoms with E-state index >= 15 is 0 Å². The van der Waals surface area contributed by atoms with Gasteiger partial charge in [0.2, 0.25) is 5.91 Å². The lowest BCUT2D eigenvalue weighted by Gasteiger charge is -2.11. The van der Waals surface area contributed by atoms with Gasteiger partial charge in [-0.1, -0.05) is 11.6 Å². The lowest BCUT2D eigenvalue weighted by Crippen LogP contribution is -2.23. The van der Waals surface area contributed by atoms with Crippen LogP contribution in [0.15, 0.2) is 18.2 Å². The zero-order chi connectivity index (χ0) is 11.5. The van der Waals surface area contributed by atoms with Crippen LogP contribution in [-0.4, -0.2) is 16.9 Å². The second-order valence-electron chi connectivity index (χ2n) is 3.62. The third kappa shape index (κ3) is 3.05. The van der Waals surface area contributed by atoms with E-state index in [0.717, 1.165) is 27.9 Å². The monoisotopic (exact) mass is 367 g/mol. The summed E-state index contributed by atoms with van der Waals surface area (Å²) in [6.07, 6.45) is 2.13. The van der Waals surface area contributed by atoms with E-state index in [-0.39, 0.29) is 11.2 Å². The van der Waals surface area contributed by atoms with Crippen molar-refractivity contribution in [3.63, 3.8) is 0 Å². The molecule has 5 heteroatoms. The average Bonchev–Trinajstić information content (AvgIpc) is 2.75. The zero-order valence-corrected chi connectivity index (χ0v) is 12.2. The molecule has 1 saturated heterocycles. The molecule has 86 valence electrons. The Morgan fingerprint density at radius 2 is 2.38 bits per heavy atom. The van der Waals surface area contributed by atoms with Gasteiger partial charge in [0.05, 0.1) is 10.9 Å². The molecule has 1 amide bonds. The van der Waals surface area contributed by atoms with Crippen LogP contribution in [0.2, 0.25) is 5.02 Å². The van der Waals surface area contributed by atoms with Crippen LogP contribution >= 0.6 is 46.0 Å². The number of rotatable bonds is 2. The fourth-order valence-electron chi connectivity index (χ4n) is 1.59. The Balaban J connectivity index is 2.05. The molecule has 1 aliphatic rings. The first-order chi connectivity index (χ1) is 7.66. The second-order valence-corrected chi connectivity index (χ2v) is 6.52. The molecule has 0 radical (unpaired) electrons. The molecule has 1 N–H and O–H groups in total. The van der Waals surface area contributed by atoms with Gasteiger partial charge in [0, 0.05) is 8.59 Å². The topological polar surface area (TPSA) is 29.1 Å². The first-order valence-electron chi connectivity index (χ1n) is 5.04. The Morgan fingerprint density at radius 3 is 3.00 bits per heavy atom. The molecule has 1 atom stereocenters. The van der Waals surface area contributed by atoms with E-state index in [2.05, 4.69) is 27.9 Å². The van der Waals surface area contributed by atoms with Crippen molar-refractivity contribution in [1.82, 2.24) is 0 Å². The number of hydrogen-bond donors (Lipinski definition) is 1. The summed E-state index contributed by atoms with van der Waals surface area (Å²) >= 11 is 9.77. The molecule has 2 nitrogen and oxygen atoms in total. The van der Waals surface area contributed by atoms with Gasteiger partial charge in [-0.2, -0.15) is 0 Å². The van der Waals surface area contributed by atoms with Crippen molar-refractivity contribution in [2.75, 3.05) is 11.1 Å². The van der Waals surface area contributed by atoms with Gasteiger partial charge >= 0.3 is 0 Å². The zero-order valence-electron chi connectivity index (χ0n) is 8.50. The standard InChI is InChI=1S/C11H11ClINOS/c12-7-3-4-9(8(13)6-7)14-11(15)10-2-1-5-16-10/h3-4,6,10H,1-2,5H2,(H,14,15). The number of carbonyl (C=O) groups excluding carboxylic acids is 1. The maximum Gasteiger partial charge on any atom is 0.237 e. The quantitative estimate of drug-likeness (QED) is 0.806. The van der Waals surface area contributed by atoms with Gasteiger partial charge in [-0.15, -0.1) is 11.8 Å². The van der Waals surface area contributed by atoms with Crippen molar-refractivity contribution >= 4 is 57.5 Å². The highest BCUT2D eigenvalue weighted by atomic mass is 127. The van der Waals surface area contributed by atoms with Crippen molar-refractivity contribution in [2.45, 2.75) is 18.1 Å².